The summed E-state index contributed by atoms with van der Waals surface area (Å²) in [4.78, 5) is 6.59. The summed E-state index contributed by atoms with van der Waals surface area (Å²) >= 11 is 0. The smallest absolute Gasteiger partial charge is 0.173 e. The Hall–Kier alpha value is -2.56. The van der Waals surface area contributed by atoms with E-state index < -0.39 is 0 Å². The molecule has 0 spiro atoms. The summed E-state index contributed by atoms with van der Waals surface area (Å²) < 4.78 is 0. The lowest BCUT2D eigenvalue weighted by molar-refractivity contribution is 0.318. The van der Waals surface area contributed by atoms with Crippen LogP contribution in [0.2, 0.25) is 0 Å². The summed E-state index contributed by atoms with van der Waals surface area (Å²) in [6, 6.07) is 10.0. The highest BCUT2D eigenvalue weighted by atomic mass is 16.4. The number of nitrogens with two attached hydrogens (primary N) is 1. The average Bonchev–Trinajstić information content (AvgIpc) is 2.53. The third-order valence-corrected chi connectivity index (χ3v) is 3.78. The summed E-state index contributed by atoms with van der Waals surface area (Å²) in [6.45, 7) is 2.97. The predicted octanol–water partition coefficient (Wildman–Crippen LogP) is 2.57. The Morgan fingerprint density at radius 3 is 3.05 bits per heavy atom. The molecule has 108 valence electrons. The van der Waals surface area contributed by atoms with Crippen LogP contribution in [0.5, 0.6) is 0 Å². The number of pyridine rings is 1. The fourth-order valence-electron chi connectivity index (χ4n) is 2.81. The Balaban J connectivity index is 2.12. The zero-order valence-corrected chi connectivity index (χ0v) is 12.0. The van der Waals surface area contributed by atoms with Crippen LogP contribution in [-0.2, 0) is 6.42 Å². The summed E-state index contributed by atoms with van der Waals surface area (Å²) in [6.07, 6.45) is 3.86. The van der Waals surface area contributed by atoms with Crippen LogP contribution < -0.4 is 10.6 Å². The van der Waals surface area contributed by atoms with Crippen molar-refractivity contribution in [2.45, 2.75) is 19.8 Å². The first-order valence-corrected chi connectivity index (χ1v) is 7.00. The molecule has 1 aliphatic heterocycles. The third kappa shape index (κ3) is 2.42. The summed E-state index contributed by atoms with van der Waals surface area (Å²) in [5.41, 5.74) is 10.2. The van der Waals surface area contributed by atoms with E-state index in [9.17, 15) is 0 Å². The fourth-order valence-corrected chi connectivity index (χ4v) is 2.81. The van der Waals surface area contributed by atoms with Crippen molar-refractivity contribution in [3.8, 4) is 0 Å². The molecule has 3 N–H and O–H groups in total. The molecule has 0 fully saturated rings. The summed E-state index contributed by atoms with van der Waals surface area (Å²) in [7, 11) is 0. The van der Waals surface area contributed by atoms with Gasteiger partial charge in [0.15, 0.2) is 5.84 Å². The van der Waals surface area contributed by atoms with Crippen molar-refractivity contribution in [3.63, 3.8) is 0 Å². The highest BCUT2D eigenvalue weighted by molar-refractivity contribution is 6.02. The summed E-state index contributed by atoms with van der Waals surface area (Å²) in [5.74, 6) is 0.815. The maximum Gasteiger partial charge on any atom is 0.173 e. The first kappa shape index (κ1) is 13.4. The largest absolute Gasteiger partial charge is 0.409 e. The second kappa shape index (κ2) is 5.44. The molecule has 3 rings (SSSR count). The van der Waals surface area contributed by atoms with Crippen LogP contribution in [0.25, 0.3) is 0 Å². The quantitative estimate of drug-likeness (QED) is 0.384. The predicted molar refractivity (Wildman–Crippen MR) is 83.3 cm³/mol. The molecule has 0 aliphatic carbocycles. The van der Waals surface area contributed by atoms with Crippen LogP contribution in [0, 0.1) is 6.92 Å². The fraction of sp³-hybridized carbons (Fsp3) is 0.250. The molecule has 5 heteroatoms. The van der Waals surface area contributed by atoms with Gasteiger partial charge < -0.3 is 15.8 Å². The second-order valence-corrected chi connectivity index (χ2v) is 5.25. The standard InChI is InChI=1S/C16H18N4O/c1-11-6-7-14-12(10-11)4-3-9-20(14)16-13(15(17)19-21)5-2-8-18-16/h2,5-8,10,21H,3-4,9H2,1H3,(H2,17,19). The number of benzene rings is 1. The van der Waals surface area contributed by atoms with Gasteiger partial charge in [0.05, 0.1) is 5.56 Å². The monoisotopic (exact) mass is 282 g/mol. The Morgan fingerprint density at radius 2 is 2.24 bits per heavy atom. The van der Waals surface area contributed by atoms with E-state index in [0.717, 1.165) is 30.9 Å². The molecule has 0 radical (unpaired) electrons. The normalized spacial score (nSPS) is 14.9. The number of hydrogen-bond donors (Lipinski definition) is 2. The maximum atomic E-state index is 8.96. The Morgan fingerprint density at radius 1 is 1.38 bits per heavy atom. The van der Waals surface area contributed by atoms with E-state index in [-0.39, 0.29) is 5.84 Å². The van der Waals surface area contributed by atoms with Gasteiger partial charge in [-0.2, -0.15) is 0 Å². The lowest BCUT2D eigenvalue weighted by atomic mass is 9.99. The minimum atomic E-state index is 0.0809. The molecule has 21 heavy (non-hydrogen) atoms. The zero-order valence-electron chi connectivity index (χ0n) is 12.0. The van der Waals surface area contributed by atoms with E-state index >= 15 is 0 Å². The van der Waals surface area contributed by atoms with Gasteiger partial charge in [0.2, 0.25) is 0 Å². The van der Waals surface area contributed by atoms with E-state index in [4.69, 9.17) is 10.9 Å². The van der Waals surface area contributed by atoms with E-state index in [1.807, 2.05) is 6.07 Å². The van der Waals surface area contributed by atoms with Gasteiger partial charge in [0.1, 0.15) is 5.82 Å². The average molecular weight is 282 g/mol. The van der Waals surface area contributed by atoms with Crippen molar-refractivity contribution in [1.82, 2.24) is 4.98 Å². The molecule has 1 aliphatic rings. The molecule has 0 saturated heterocycles. The molecular weight excluding hydrogens is 264 g/mol. The van der Waals surface area contributed by atoms with Gasteiger partial charge in [0, 0.05) is 18.4 Å². The lowest BCUT2D eigenvalue weighted by Crippen LogP contribution is -2.28. The van der Waals surface area contributed by atoms with Crippen molar-refractivity contribution >= 4 is 17.3 Å². The summed E-state index contributed by atoms with van der Waals surface area (Å²) in [5, 5.41) is 12.1. The SMILES string of the molecule is Cc1ccc2c(c1)CCCN2c1ncccc1/C(N)=N/O. The molecule has 0 atom stereocenters. The van der Waals surface area contributed by atoms with Crippen LogP contribution in [0.4, 0.5) is 11.5 Å². The van der Waals surface area contributed by atoms with Crippen LogP contribution in [0.15, 0.2) is 41.7 Å². The minimum absolute atomic E-state index is 0.0809. The molecule has 5 nitrogen and oxygen atoms in total. The molecule has 0 unspecified atom stereocenters. The topological polar surface area (TPSA) is 74.7 Å². The third-order valence-electron chi connectivity index (χ3n) is 3.78. The van der Waals surface area contributed by atoms with Gasteiger partial charge in [-0.15, -0.1) is 0 Å². The number of nitrogens with zero attached hydrogens (tertiary/aromatic N) is 3. The number of aryl methyl sites for hydroxylation is 2. The molecule has 1 aromatic carbocycles. The number of amidine groups is 1. The van der Waals surface area contributed by atoms with Gasteiger partial charge in [-0.3, -0.25) is 0 Å². The molecule has 0 bridgehead atoms. The van der Waals surface area contributed by atoms with Crippen molar-refractivity contribution in [2.75, 3.05) is 11.4 Å². The van der Waals surface area contributed by atoms with E-state index in [0.29, 0.717) is 5.56 Å². The highest BCUT2D eigenvalue weighted by Gasteiger charge is 2.22. The van der Waals surface area contributed by atoms with E-state index in [1.165, 1.54) is 11.1 Å². The van der Waals surface area contributed by atoms with Gasteiger partial charge in [-0.1, -0.05) is 22.9 Å². The van der Waals surface area contributed by atoms with Crippen molar-refractivity contribution in [1.29, 1.82) is 0 Å². The molecule has 0 amide bonds. The first-order valence-electron chi connectivity index (χ1n) is 7.00. The van der Waals surface area contributed by atoms with Gasteiger partial charge in [-0.05, 0) is 43.5 Å². The van der Waals surface area contributed by atoms with Gasteiger partial charge >= 0.3 is 0 Å². The molecule has 2 aromatic rings. The van der Waals surface area contributed by atoms with Crippen molar-refractivity contribution < 1.29 is 5.21 Å². The zero-order chi connectivity index (χ0) is 14.8. The van der Waals surface area contributed by atoms with Gasteiger partial charge in [0.25, 0.3) is 0 Å². The van der Waals surface area contributed by atoms with Crippen LogP contribution in [-0.4, -0.2) is 22.6 Å². The molecular formula is C16H18N4O. The maximum absolute atomic E-state index is 8.96. The Labute approximate surface area is 123 Å². The molecule has 2 heterocycles. The van der Waals surface area contributed by atoms with Crippen molar-refractivity contribution in [2.24, 2.45) is 10.9 Å². The Bertz CT molecular complexity index is 696. The van der Waals surface area contributed by atoms with Crippen LogP contribution >= 0.6 is 0 Å². The number of anilines is 2. The highest BCUT2D eigenvalue weighted by Crippen LogP contribution is 2.34. The first-order chi connectivity index (χ1) is 10.2. The number of hydrogen-bond acceptors (Lipinski definition) is 4. The molecule has 1 aromatic heterocycles. The van der Waals surface area contributed by atoms with E-state index in [1.54, 1.807) is 12.3 Å². The second-order valence-electron chi connectivity index (χ2n) is 5.25. The molecule has 0 saturated carbocycles. The van der Waals surface area contributed by atoms with Crippen molar-refractivity contribution in [3.05, 3.63) is 53.2 Å². The number of oxime groups is 1. The van der Waals surface area contributed by atoms with Crippen LogP contribution in [0.1, 0.15) is 23.1 Å². The van der Waals surface area contributed by atoms with Gasteiger partial charge in [-0.25, -0.2) is 4.98 Å². The van der Waals surface area contributed by atoms with E-state index in [2.05, 4.69) is 40.2 Å². The minimum Gasteiger partial charge on any atom is -0.409 e. The number of fused-ring (bicyclic) bond motifs is 1. The Kier molecular flexibility index (Phi) is 3.48. The number of aromatic nitrogens is 1. The lowest BCUT2D eigenvalue weighted by Gasteiger charge is -2.31. The number of rotatable bonds is 2. The van der Waals surface area contributed by atoms with Crippen LogP contribution in [0.3, 0.4) is 0 Å².